The number of aromatic hydroxyl groups is 1. The van der Waals surface area contributed by atoms with E-state index in [1.807, 2.05) is 13.8 Å². The van der Waals surface area contributed by atoms with E-state index in [-0.39, 0.29) is 30.9 Å². The predicted molar refractivity (Wildman–Crippen MR) is 139 cm³/mol. The van der Waals surface area contributed by atoms with Crippen molar-refractivity contribution in [2.75, 3.05) is 0 Å². The minimum absolute atomic E-state index is 0.00120. The fourth-order valence-electron chi connectivity index (χ4n) is 3.73. The van der Waals surface area contributed by atoms with Crippen molar-refractivity contribution in [2.45, 2.75) is 63.7 Å². The Kier molecular flexibility index (Phi) is 11.4. The molecule has 0 saturated carbocycles. The number of H-pyrrole nitrogens is 1. The number of aliphatic carboxylic acids is 1. The van der Waals surface area contributed by atoms with E-state index in [0.29, 0.717) is 11.3 Å². The quantitative estimate of drug-likeness (QED) is 0.132. The molecule has 4 atom stereocenters. The average molecular weight is 546 g/mol. The summed E-state index contributed by atoms with van der Waals surface area (Å²) in [6.07, 6.45) is 2.45. The molecule has 2 aromatic rings. The first-order valence-electron chi connectivity index (χ1n) is 12.3. The number of imidazole rings is 1. The second-order valence-electron chi connectivity index (χ2n) is 9.58. The average Bonchev–Trinajstić information content (AvgIpc) is 3.36. The van der Waals surface area contributed by atoms with Gasteiger partial charge in [0.05, 0.1) is 18.8 Å². The lowest BCUT2D eigenvalue weighted by molar-refractivity contribution is -0.142. The molecule has 212 valence electrons. The van der Waals surface area contributed by atoms with E-state index in [9.17, 15) is 34.2 Å². The minimum atomic E-state index is -1.30. The number of phenolic OH excluding ortho intramolecular Hbond substituents is 1. The zero-order valence-corrected chi connectivity index (χ0v) is 21.7. The van der Waals surface area contributed by atoms with Gasteiger partial charge in [0.25, 0.3) is 0 Å². The summed E-state index contributed by atoms with van der Waals surface area (Å²) in [6.45, 7) is 3.62. The molecule has 1 aromatic heterocycles. The van der Waals surface area contributed by atoms with Crippen molar-refractivity contribution in [2.24, 2.45) is 17.4 Å². The van der Waals surface area contributed by atoms with Crippen LogP contribution in [0.5, 0.6) is 5.75 Å². The molecule has 0 saturated heterocycles. The number of phenols is 1. The van der Waals surface area contributed by atoms with Crippen LogP contribution in [0.1, 0.15) is 37.9 Å². The van der Waals surface area contributed by atoms with Crippen LogP contribution in [0.15, 0.2) is 36.8 Å². The van der Waals surface area contributed by atoms with E-state index in [4.69, 9.17) is 11.5 Å². The molecule has 0 radical (unpaired) electrons. The van der Waals surface area contributed by atoms with Gasteiger partial charge in [-0.25, -0.2) is 9.78 Å². The molecule has 1 heterocycles. The number of aromatic amines is 1. The van der Waals surface area contributed by atoms with Gasteiger partial charge in [0.2, 0.25) is 23.6 Å². The topological polar surface area (TPSA) is 243 Å². The SMILES string of the molecule is CC(C)CC(NC(=O)C(Cc1ccc(O)cc1)NC(=O)C(Cc1cnc[nH]1)NC(=O)C(N)CC(N)=O)C(=O)O. The second-order valence-corrected chi connectivity index (χ2v) is 9.58. The molecular weight excluding hydrogens is 510 g/mol. The largest absolute Gasteiger partial charge is 0.508 e. The number of amides is 4. The Bertz CT molecular complexity index is 1140. The van der Waals surface area contributed by atoms with Gasteiger partial charge in [-0.3, -0.25) is 19.2 Å². The summed E-state index contributed by atoms with van der Waals surface area (Å²) in [5.41, 5.74) is 11.9. The summed E-state index contributed by atoms with van der Waals surface area (Å²) < 4.78 is 0. The van der Waals surface area contributed by atoms with Crippen molar-refractivity contribution in [3.8, 4) is 5.75 Å². The van der Waals surface area contributed by atoms with Gasteiger partial charge in [-0.1, -0.05) is 26.0 Å². The number of rotatable bonds is 15. The predicted octanol–water partition coefficient (Wildman–Crippen LogP) is -1.31. The Balaban J connectivity index is 2.30. The third kappa shape index (κ3) is 10.4. The van der Waals surface area contributed by atoms with Crippen LogP contribution >= 0.6 is 0 Å². The third-order valence-corrected chi connectivity index (χ3v) is 5.70. The fraction of sp³-hybridized carbons (Fsp3) is 0.440. The first kappa shape index (κ1) is 30.8. The van der Waals surface area contributed by atoms with E-state index in [1.165, 1.54) is 24.7 Å². The number of carbonyl (C=O) groups is 5. The normalized spacial score (nSPS) is 14.1. The zero-order valence-electron chi connectivity index (χ0n) is 21.7. The minimum Gasteiger partial charge on any atom is -0.508 e. The highest BCUT2D eigenvalue weighted by molar-refractivity contribution is 5.95. The maximum absolute atomic E-state index is 13.4. The number of carbonyl (C=O) groups excluding carboxylic acids is 4. The third-order valence-electron chi connectivity index (χ3n) is 5.70. The molecule has 0 aliphatic rings. The first-order chi connectivity index (χ1) is 18.3. The molecule has 0 bridgehead atoms. The summed E-state index contributed by atoms with van der Waals surface area (Å²) in [7, 11) is 0. The van der Waals surface area contributed by atoms with Crippen LogP contribution in [0.25, 0.3) is 0 Å². The second kappa shape index (κ2) is 14.5. The number of nitrogens with one attached hydrogen (secondary N) is 4. The van der Waals surface area contributed by atoms with Crippen molar-refractivity contribution in [3.05, 3.63) is 48.0 Å². The molecular formula is C25H35N7O7. The molecule has 0 spiro atoms. The van der Waals surface area contributed by atoms with Crippen LogP contribution in [0.3, 0.4) is 0 Å². The van der Waals surface area contributed by atoms with Crippen LogP contribution in [-0.4, -0.2) is 73.9 Å². The van der Waals surface area contributed by atoms with Crippen molar-refractivity contribution in [1.82, 2.24) is 25.9 Å². The zero-order chi connectivity index (χ0) is 29.1. The summed E-state index contributed by atoms with van der Waals surface area (Å²) >= 11 is 0. The fourth-order valence-corrected chi connectivity index (χ4v) is 3.73. The highest BCUT2D eigenvalue weighted by atomic mass is 16.4. The number of hydrogen-bond donors (Lipinski definition) is 8. The maximum Gasteiger partial charge on any atom is 0.326 e. The lowest BCUT2D eigenvalue weighted by atomic mass is 10.0. The number of hydrogen-bond acceptors (Lipinski definition) is 8. The van der Waals surface area contributed by atoms with Crippen LogP contribution in [0.2, 0.25) is 0 Å². The number of primary amides is 1. The molecule has 10 N–H and O–H groups in total. The van der Waals surface area contributed by atoms with E-state index in [0.717, 1.165) is 0 Å². The van der Waals surface area contributed by atoms with Crippen LogP contribution in [-0.2, 0) is 36.8 Å². The Morgan fingerprint density at radius 2 is 1.49 bits per heavy atom. The van der Waals surface area contributed by atoms with E-state index < -0.39 is 60.2 Å². The van der Waals surface area contributed by atoms with Gasteiger partial charge < -0.3 is 42.6 Å². The summed E-state index contributed by atoms with van der Waals surface area (Å²) in [5, 5.41) is 26.7. The van der Waals surface area contributed by atoms with Crippen LogP contribution in [0.4, 0.5) is 0 Å². The van der Waals surface area contributed by atoms with Crippen molar-refractivity contribution >= 4 is 29.6 Å². The number of nitrogens with zero attached hydrogens (tertiary/aromatic N) is 1. The Labute approximate surface area is 224 Å². The summed E-state index contributed by atoms with van der Waals surface area (Å²) in [4.78, 5) is 68.8. The molecule has 1 aromatic carbocycles. The van der Waals surface area contributed by atoms with Gasteiger partial charge in [-0.15, -0.1) is 0 Å². The van der Waals surface area contributed by atoms with Gasteiger partial charge in [-0.05, 0) is 30.0 Å². The van der Waals surface area contributed by atoms with Crippen LogP contribution < -0.4 is 27.4 Å². The molecule has 39 heavy (non-hydrogen) atoms. The molecule has 0 fully saturated rings. The molecule has 14 heteroatoms. The number of nitrogens with two attached hydrogens (primary N) is 2. The Morgan fingerprint density at radius 1 is 0.923 bits per heavy atom. The summed E-state index contributed by atoms with van der Waals surface area (Å²) in [5.74, 6) is -4.38. The van der Waals surface area contributed by atoms with Crippen molar-refractivity contribution in [3.63, 3.8) is 0 Å². The smallest absolute Gasteiger partial charge is 0.326 e. The highest BCUT2D eigenvalue weighted by Gasteiger charge is 2.31. The monoisotopic (exact) mass is 545 g/mol. The van der Waals surface area contributed by atoms with E-state index >= 15 is 0 Å². The van der Waals surface area contributed by atoms with E-state index in [1.54, 1.807) is 12.1 Å². The number of carboxylic acid groups (broad SMARTS) is 1. The lowest BCUT2D eigenvalue weighted by Gasteiger charge is -2.25. The highest BCUT2D eigenvalue weighted by Crippen LogP contribution is 2.13. The number of carboxylic acids is 1. The van der Waals surface area contributed by atoms with Crippen molar-refractivity contribution in [1.29, 1.82) is 0 Å². The van der Waals surface area contributed by atoms with Crippen molar-refractivity contribution < 1.29 is 34.2 Å². The molecule has 14 nitrogen and oxygen atoms in total. The maximum atomic E-state index is 13.4. The summed E-state index contributed by atoms with van der Waals surface area (Å²) in [6, 6.07) is 0.953. The molecule has 0 aliphatic carbocycles. The van der Waals surface area contributed by atoms with Crippen LogP contribution in [0, 0.1) is 5.92 Å². The standard InChI is InChI=1S/C25H35N7O7/c1-13(2)7-20(25(38)39)32-23(36)18(8-14-3-5-16(33)6-4-14)31-24(37)19(9-15-11-28-12-29-15)30-22(35)17(26)10-21(27)34/h3-6,11-13,17-20,33H,7-10,26H2,1-2H3,(H2,27,34)(H,28,29)(H,30,35)(H,31,37)(H,32,36)(H,38,39). The lowest BCUT2D eigenvalue weighted by Crippen LogP contribution is -2.58. The number of benzene rings is 1. The van der Waals surface area contributed by atoms with Gasteiger partial charge in [0, 0.05) is 24.7 Å². The number of aromatic nitrogens is 2. The molecule has 0 aliphatic heterocycles. The molecule has 2 rings (SSSR count). The first-order valence-corrected chi connectivity index (χ1v) is 12.3. The molecule has 4 unspecified atom stereocenters. The Morgan fingerprint density at radius 3 is 2.00 bits per heavy atom. The van der Waals surface area contributed by atoms with E-state index in [2.05, 4.69) is 25.9 Å². The van der Waals surface area contributed by atoms with Gasteiger partial charge >= 0.3 is 5.97 Å². The van der Waals surface area contributed by atoms with Gasteiger partial charge in [0.15, 0.2) is 0 Å². The Hall–Kier alpha value is -4.46. The van der Waals surface area contributed by atoms with Gasteiger partial charge in [-0.2, -0.15) is 0 Å². The van der Waals surface area contributed by atoms with Gasteiger partial charge in [0.1, 0.15) is 23.9 Å². The molecule has 4 amide bonds.